The summed E-state index contributed by atoms with van der Waals surface area (Å²) in [7, 11) is 1.14. The van der Waals surface area contributed by atoms with Gasteiger partial charge in [0.05, 0.1) is 27.7 Å². The summed E-state index contributed by atoms with van der Waals surface area (Å²) in [6.07, 6.45) is 134. The average molecular weight is 1480 g/mol. The lowest BCUT2D eigenvalue weighted by atomic mass is 10.0. The van der Waals surface area contributed by atoms with Gasteiger partial charge in [-0.15, -0.1) is 0 Å². The van der Waals surface area contributed by atoms with E-state index >= 15 is 0 Å². The maximum Gasteiger partial charge on any atom is 0.306 e. The van der Waals surface area contributed by atoms with E-state index in [0.29, 0.717) is 23.9 Å². The highest BCUT2D eigenvalue weighted by molar-refractivity contribution is 7.45. The third-order valence-electron chi connectivity index (χ3n) is 16.9. The fourth-order valence-electron chi connectivity index (χ4n) is 10.6. The lowest BCUT2D eigenvalue weighted by molar-refractivity contribution is -0.870. The van der Waals surface area contributed by atoms with Crippen LogP contribution in [0.25, 0.3) is 0 Å². The second kappa shape index (κ2) is 82.9. The molecule has 0 aliphatic carbocycles. The largest absolute Gasteiger partial charge is 0.756 e. The fourth-order valence-corrected chi connectivity index (χ4v) is 11.3. The number of rotatable bonds is 74. The first-order chi connectivity index (χ1) is 52.0. The highest BCUT2D eigenvalue weighted by atomic mass is 31.2. The summed E-state index contributed by atoms with van der Waals surface area (Å²) in [4.78, 5) is 38.2. The molecular weight excluding hydrogens is 1330 g/mol. The van der Waals surface area contributed by atoms with Crippen molar-refractivity contribution in [1.29, 1.82) is 0 Å². The van der Waals surface area contributed by atoms with Crippen molar-refractivity contribution in [2.75, 3.05) is 47.5 Å². The molecule has 106 heavy (non-hydrogen) atoms. The Kier molecular flexibility index (Phi) is 78.0. The molecule has 0 saturated heterocycles. The van der Waals surface area contributed by atoms with Gasteiger partial charge in [-0.1, -0.05) is 360 Å². The molecule has 0 aromatic rings. The zero-order chi connectivity index (χ0) is 76.8. The molecule has 0 fully saturated rings. The van der Waals surface area contributed by atoms with E-state index in [0.717, 1.165) is 180 Å². The topological polar surface area (TPSA) is 111 Å². The summed E-state index contributed by atoms with van der Waals surface area (Å²) in [5, 5.41) is 0. The minimum atomic E-state index is -4.67. The van der Waals surface area contributed by atoms with Gasteiger partial charge in [-0.2, -0.15) is 0 Å². The van der Waals surface area contributed by atoms with Crippen LogP contribution in [-0.2, 0) is 32.7 Å². The SMILES string of the molecule is CC/C=C\C/C=C\C/C=C\C/C=C\C/C=C\C/C=C\C/C=C\C/C=C\C/C=C\C/C=C\CCCCCCCCCCCCC(=O)OCC(COP(=O)([O-])OCC[N+](C)(C)C)OC(=O)CCCCCCCCCCCC/C=C\C/C=C\C/C=C\C/C=C\C/C=C\C/C=C\C/C=C\C/C=C\C/C=C\C/C=C\CC. The van der Waals surface area contributed by atoms with Crippen LogP contribution in [0.15, 0.2) is 243 Å². The molecular formula is C96H152NO8P. The van der Waals surface area contributed by atoms with Crippen molar-refractivity contribution in [2.45, 2.75) is 302 Å². The Hall–Kier alpha value is -6.19. The number of likely N-dealkylation sites (N-methyl/N-ethyl adjacent to an activating group) is 1. The third-order valence-corrected chi connectivity index (χ3v) is 17.8. The minimum absolute atomic E-state index is 0.0438. The summed E-state index contributed by atoms with van der Waals surface area (Å²) in [5.74, 6) is -0.855. The molecule has 0 bridgehead atoms. The van der Waals surface area contributed by atoms with Gasteiger partial charge in [-0.05, 0) is 167 Å². The Labute approximate surface area is 651 Å². The van der Waals surface area contributed by atoms with E-state index in [1.54, 1.807) is 0 Å². The molecule has 0 radical (unpaired) electrons. The summed E-state index contributed by atoms with van der Waals surface area (Å²) in [5.41, 5.74) is 0. The molecule has 2 atom stereocenters. The van der Waals surface area contributed by atoms with E-state index in [-0.39, 0.29) is 26.1 Å². The van der Waals surface area contributed by atoms with Gasteiger partial charge in [0.1, 0.15) is 19.8 Å². The first-order valence-corrected chi connectivity index (χ1v) is 43.2. The maximum atomic E-state index is 12.9. The van der Waals surface area contributed by atoms with Crippen molar-refractivity contribution in [3.8, 4) is 0 Å². The summed E-state index contributed by atoms with van der Waals surface area (Å²) in [6, 6.07) is 0. The summed E-state index contributed by atoms with van der Waals surface area (Å²) < 4.78 is 34.4. The Bertz CT molecular complexity index is 2700. The second-order valence-corrected chi connectivity index (χ2v) is 29.4. The number of nitrogens with zero attached hydrogens (tertiary/aromatic N) is 1. The molecule has 10 heteroatoms. The lowest BCUT2D eigenvalue weighted by Crippen LogP contribution is -2.37. The van der Waals surface area contributed by atoms with E-state index in [1.807, 2.05) is 21.1 Å². The number of ether oxygens (including phenoxy) is 2. The standard InChI is InChI=1S/C96H152NO8P/c1-6-8-10-12-14-16-18-20-22-24-26-28-30-32-34-36-38-40-42-44-46-48-50-52-54-56-58-60-62-64-66-68-70-72-74-76-78-80-82-84-86-88-95(98)102-92-94(93-104-106(100,101)103-91-90-97(3,4)5)105-96(99)89-87-85-83-81-79-77-75-73-71-69-67-65-63-61-59-57-55-53-51-49-47-45-43-41-39-37-35-33-31-29-27-25-23-21-19-17-15-13-11-9-7-2/h8-11,14-17,20-23,26-29,32-35,38-41,44-47,50-53,56-59,62-65,94H,6-7,12-13,18-19,24-25,30-31,36-37,42-43,48-49,54-55,60-61,66-93H2,1-5H3/b10-8-,11-9-,16-14-,17-15-,22-20-,23-21-,28-26-,29-27-,34-32-,35-33-,40-38-,41-39-,46-44-,47-45-,52-50-,53-51-,58-56-,59-57-,64-62-,65-63-. The van der Waals surface area contributed by atoms with Gasteiger partial charge in [0.15, 0.2) is 6.10 Å². The molecule has 0 aliphatic rings. The van der Waals surface area contributed by atoms with Crippen LogP contribution in [0.2, 0.25) is 0 Å². The molecule has 0 aliphatic heterocycles. The van der Waals surface area contributed by atoms with Gasteiger partial charge in [0.2, 0.25) is 0 Å². The molecule has 9 nitrogen and oxygen atoms in total. The van der Waals surface area contributed by atoms with Crippen molar-refractivity contribution >= 4 is 19.8 Å². The zero-order valence-corrected chi connectivity index (χ0v) is 68.7. The highest BCUT2D eigenvalue weighted by Gasteiger charge is 2.22. The molecule has 0 spiro atoms. The number of hydrogen-bond donors (Lipinski definition) is 0. The number of phosphoric acid groups is 1. The van der Waals surface area contributed by atoms with Crippen molar-refractivity contribution in [3.05, 3.63) is 243 Å². The van der Waals surface area contributed by atoms with Crippen LogP contribution < -0.4 is 4.89 Å². The molecule has 594 valence electrons. The van der Waals surface area contributed by atoms with Crippen LogP contribution in [0.1, 0.15) is 296 Å². The van der Waals surface area contributed by atoms with E-state index in [1.165, 1.54) is 77.0 Å². The fraction of sp³-hybridized carbons (Fsp3) is 0.562. The number of allylic oxidation sites excluding steroid dienone is 40. The minimum Gasteiger partial charge on any atom is -0.756 e. The quantitative estimate of drug-likeness (QED) is 0.0195. The van der Waals surface area contributed by atoms with Gasteiger partial charge in [0, 0.05) is 12.8 Å². The van der Waals surface area contributed by atoms with Gasteiger partial charge >= 0.3 is 11.9 Å². The molecule has 0 saturated carbocycles. The average Bonchev–Trinajstić information content (AvgIpc) is 0.951. The Balaban J connectivity index is 4.09. The van der Waals surface area contributed by atoms with Gasteiger partial charge in [-0.25, -0.2) is 0 Å². The molecule has 2 unspecified atom stereocenters. The molecule has 0 amide bonds. The van der Waals surface area contributed by atoms with E-state index in [4.69, 9.17) is 18.5 Å². The first-order valence-electron chi connectivity index (χ1n) is 41.7. The Morgan fingerprint density at radius 3 is 0.755 bits per heavy atom. The number of carbonyl (C=O) groups is 2. The van der Waals surface area contributed by atoms with E-state index < -0.39 is 32.5 Å². The van der Waals surface area contributed by atoms with Crippen LogP contribution in [-0.4, -0.2) is 70.0 Å². The smallest absolute Gasteiger partial charge is 0.306 e. The molecule has 0 aromatic carbocycles. The predicted octanol–water partition coefficient (Wildman–Crippen LogP) is 28.0. The normalized spacial score (nSPS) is 14.3. The number of phosphoric ester groups is 1. The molecule has 0 N–H and O–H groups in total. The number of carbonyl (C=O) groups excluding carboxylic acids is 2. The van der Waals surface area contributed by atoms with Crippen LogP contribution in [0, 0.1) is 0 Å². The monoisotopic (exact) mass is 1480 g/mol. The van der Waals surface area contributed by atoms with Crippen LogP contribution in [0.5, 0.6) is 0 Å². The summed E-state index contributed by atoms with van der Waals surface area (Å²) in [6.45, 7) is 3.99. The zero-order valence-electron chi connectivity index (χ0n) is 67.8. The Morgan fingerprint density at radius 2 is 0.509 bits per heavy atom. The van der Waals surface area contributed by atoms with E-state index in [9.17, 15) is 19.0 Å². The molecule has 0 aromatic heterocycles. The predicted molar refractivity (Wildman–Crippen MR) is 461 cm³/mol. The van der Waals surface area contributed by atoms with Gasteiger partial charge in [0.25, 0.3) is 7.82 Å². The second-order valence-electron chi connectivity index (χ2n) is 28.0. The first kappa shape index (κ1) is 99.8. The van der Waals surface area contributed by atoms with Crippen molar-refractivity contribution in [1.82, 2.24) is 0 Å². The number of esters is 2. The van der Waals surface area contributed by atoms with Crippen molar-refractivity contribution in [2.24, 2.45) is 0 Å². The van der Waals surface area contributed by atoms with Crippen LogP contribution >= 0.6 is 7.82 Å². The molecule has 0 rings (SSSR count). The Morgan fingerprint density at radius 1 is 0.292 bits per heavy atom. The number of quaternary nitrogens is 1. The van der Waals surface area contributed by atoms with Crippen molar-refractivity contribution in [3.63, 3.8) is 0 Å². The lowest BCUT2D eigenvalue weighted by Gasteiger charge is -2.28. The summed E-state index contributed by atoms with van der Waals surface area (Å²) >= 11 is 0. The number of hydrogen-bond acceptors (Lipinski definition) is 8. The molecule has 0 heterocycles. The van der Waals surface area contributed by atoms with Gasteiger partial charge < -0.3 is 27.9 Å². The third kappa shape index (κ3) is 86.7. The van der Waals surface area contributed by atoms with Crippen LogP contribution in [0.3, 0.4) is 0 Å². The maximum absolute atomic E-state index is 12.9. The van der Waals surface area contributed by atoms with Crippen LogP contribution in [0.4, 0.5) is 0 Å². The van der Waals surface area contributed by atoms with E-state index in [2.05, 4.69) is 257 Å². The number of unbranched alkanes of at least 4 members (excludes halogenated alkanes) is 20. The van der Waals surface area contributed by atoms with Gasteiger partial charge in [-0.3, -0.25) is 14.2 Å². The van der Waals surface area contributed by atoms with Crippen molar-refractivity contribution < 1.29 is 42.1 Å². The highest BCUT2D eigenvalue weighted by Crippen LogP contribution is 2.38.